The van der Waals surface area contributed by atoms with Gasteiger partial charge >= 0.3 is 0 Å². The van der Waals surface area contributed by atoms with Crippen molar-refractivity contribution in [1.29, 1.82) is 5.26 Å². The van der Waals surface area contributed by atoms with Crippen LogP contribution in [-0.2, 0) is 9.53 Å². The molecule has 0 aliphatic carbocycles. The first kappa shape index (κ1) is 11.2. The summed E-state index contributed by atoms with van der Waals surface area (Å²) >= 11 is 0. The van der Waals surface area contributed by atoms with E-state index < -0.39 is 0 Å². The number of rotatable bonds is 2. The van der Waals surface area contributed by atoms with Gasteiger partial charge < -0.3 is 9.64 Å². The Morgan fingerprint density at radius 2 is 2.39 bits per heavy atom. The third kappa shape index (κ3) is 1.87. The van der Waals surface area contributed by atoms with Gasteiger partial charge in [-0.25, -0.2) is 0 Å². The average Bonchev–Trinajstić information content (AvgIpc) is 2.98. The van der Waals surface area contributed by atoms with E-state index in [1.807, 2.05) is 11.0 Å². The lowest BCUT2D eigenvalue weighted by Crippen LogP contribution is -2.52. The third-order valence-electron chi connectivity index (χ3n) is 3.56. The van der Waals surface area contributed by atoms with Gasteiger partial charge in [0.15, 0.2) is 0 Å². The number of ether oxygens (including phenoxy) is 1. The largest absolute Gasteiger partial charge is 0.381 e. The van der Waals surface area contributed by atoms with E-state index in [1.54, 1.807) is 17.1 Å². The van der Waals surface area contributed by atoms with Gasteiger partial charge in [-0.3, -0.25) is 9.48 Å². The Morgan fingerprint density at radius 1 is 1.56 bits per heavy atom. The van der Waals surface area contributed by atoms with Crippen LogP contribution in [0.25, 0.3) is 0 Å². The summed E-state index contributed by atoms with van der Waals surface area (Å²) in [6, 6.07) is 2.26. The van der Waals surface area contributed by atoms with Crippen LogP contribution in [0.1, 0.15) is 18.0 Å². The summed E-state index contributed by atoms with van der Waals surface area (Å²) in [4.78, 5) is 13.9. The van der Waals surface area contributed by atoms with Crippen LogP contribution in [0.4, 0.5) is 0 Å². The van der Waals surface area contributed by atoms with Gasteiger partial charge in [0.25, 0.3) is 0 Å². The predicted octanol–water partition coefficient (Wildman–Crippen LogP) is 0.175. The van der Waals surface area contributed by atoms with Crippen LogP contribution in [0.2, 0.25) is 0 Å². The molecule has 0 spiro atoms. The first-order chi connectivity index (χ1) is 8.78. The molecule has 1 amide bonds. The maximum atomic E-state index is 12.0. The lowest BCUT2D eigenvalue weighted by Gasteiger charge is -2.40. The maximum absolute atomic E-state index is 12.0. The molecule has 1 aromatic rings. The molecule has 94 valence electrons. The highest BCUT2D eigenvalue weighted by molar-refractivity contribution is 5.80. The molecule has 2 saturated heterocycles. The molecular weight excluding hydrogens is 232 g/mol. The van der Waals surface area contributed by atoms with Crippen LogP contribution in [0, 0.1) is 17.2 Å². The van der Waals surface area contributed by atoms with Gasteiger partial charge in [0, 0.05) is 25.9 Å². The highest BCUT2D eigenvalue weighted by Crippen LogP contribution is 2.25. The van der Waals surface area contributed by atoms with Gasteiger partial charge in [0.2, 0.25) is 5.91 Å². The molecule has 0 aromatic carbocycles. The van der Waals surface area contributed by atoms with Crippen molar-refractivity contribution in [2.24, 2.45) is 5.92 Å². The number of likely N-dealkylation sites (tertiary alicyclic amines) is 1. The smallest absolute Gasteiger partial charge is 0.228 e. The first-order valence-electron chi connectivity index (χ1n) is 6.08. The van der Waals surface area contributed by atoms with Crippen LogP contribution in [0.15, 0.2) is 12.4 Å². The van der Waals surface area contributed by atoms with E-state index in [0.717, 1.165) is 6.42 Å². The number of carbonyl (C=O) groups is 1. The molecule has 3 heterocycles. The summed E-state index contributed by atoms with van der Waals surface area (Å²) in [6.45, 7) is 2.61. The Balaban J connectivity index is 1.56. The number of nitriles is 1. The fourth-order valence-electron chi connectivity index (χ4n) is 2.39. The van der Waals surface area contributed by atoms with Gasteiger partial charge in [-0.1, -0.05) is 0 Å². The van der Waals surface area contributed by atoms with E-state index in [2.05, 4.69) is 5.10 Å². The van der Waals surface area contributed by atoms with Gasteiger partial charge in [-0.2, -0.15) is 10.4 Å². The third-order valence-corrected chi connectivity index (χ3v) is 3.56. The van der Waals surface area contributed by atoms with Crippen molar-refractivity contribution in [3.05, 3.63) is 18.0 Å². The van der Waals surface area contributed by atoms with E-state index in [1.165, 1.54) is 0 Å². The molecule has 0 saturated carbocycles. The highest BCUT2D eigenvalue weighted by Gasteiger charge is 2.36. The van der Waals surface area contributed by atoms with Crippen LogP contribution < -0.4 is 0 Å². The predicted molar refractivity (Wildman–Crippen MR) is 61.5 cm³/mol. The maximum Gasteiger partial charge on any atom is 0.228 e. The van der Waals surface area contributed by atoms with Crippen molar-refractivity contribution in [2.75, 3.05) is 26.3 Å². The molecule has 2 fully saturated rings. The number of nitrogens with zero attached hydrogens (tertiary/aromatic N) is 4. The minimum absolute atomic E-state index is 0.0400. The molecule has 6 heteroatoms. The van der Waals surface area contributed by atoms with Crippen LogP contribution >= 0.6 is 0 Å². The van der Waals surface area contributed by atoms with Crippen LogP contribution in [0.5, 0.6) is 0 Å². The second kappa shape index (κ2) is 4.42. The summed E-state index contributed by atoms with van der Waals surface area (Å²) in [6.07, 6.45) is 4.11. The summed E-state index contributed by atoms with van der Waals surface area (Å²) in [5.41, 5.74) is 0.559. The van der Waals surface area contributed by atoms with E-state index >= 15 is 0 Å². The molecule has 2 aliphatic heterocycles. The molecule has 0 radical (unpaired) electrons. The van der Waals surface area contributed by atoms with Crippen molar-refractivity contribution in [2.45, 2.75) is 12.5 Å². The average molecular weight is 246 g/mol. The Morgan fingerprint density at radius 3 is 3.00 bits per heavy atom. The van der Waals surface area contributed by atoms with Crippen LogP contribution in [0.3, 0.4) is 0 Å². The summed E-state index contributed by atoms with van der Waals surface area (Å²) in [5, 5.41) is 12.9. The Labute approximate surface area is 105 Å². The lowest BCUT2D eigenvalue weighted by molar-refractivity contribution is -0.141. The molecule has 3 rings (SSSR count). The second-order valence-corrected chi connectivity index (χ2v) is 4.78. The summed E-state index contributed by atoms with van der Waals surface area (Å²) in [7, 11) is 0. The van der Waals surface area contributed by atoms with Crippen molar-refractivity contribution in [3.63, 3.8) is 0 Å². The van der Waals surface area contributed by atoms with E-state index in [0.29, 0.717) is 31.9 Å². The van der Waals surface area contributed by atoms with Crippen LogP contribution in [-0.4, -0.2) is 46.9 Å². The standard InChI is InChI=1S/C12H14N4O2/c13-3-9-4-14-16(5-9)11-6-15(7-11)12(17)10-1-2-18-8-10/h4-5,10-11H,1-2,6-8H2. The van der Waals surface area contributed by atoms with E-state index in [4.69, 9.17) is 10.00 Å². The topological polar surface area (TPSA) is 71.2 Å². The van der Waals surface area contributed by atoms with Gasteiger partial charge in [0.05, 0.1) is 30.3 Å². The zero-order chi connectivity index (χ0) is 12.5. The zero-order valence-electron chi connectivity index (χ0n) is 9.95. The van der Waals surface area contributed by atoms with Crippen molar-refractivity contribution >= 4 is 5.91 Å². The Hall–Kier alpha value is -1.87. The van der Waals surface area contributed by atoms with Gasteiger partial charge in [-0.15, -0.1) is 0 Å². The Kier molecular flexibility index (Phi) is 2.76. The van der Waals surface area contributed by atoms with Gasteiger partial charge in [0.1, 0.15) is 6.07 Å². The first-order valence-corrected chi connectivity index (χ1v) is 6.08. The minimum Gasteiger partial charge on any atom is -0.381 e. The number of carbonyl (C=O) groups excluding carboxylic acids is 1. The van der Waals surface area contributed by atoms with Crippen molar-refractivity contribution in [3.8, 4) is 6.07 Å². The number of amides is 1. The molecule has 0 bridgehead atoms. The fourth-order valence-corrected chi connectivity index (χ4v) is 2.39. The normalized spacial score (nSPS) is 23.7. The number of hydrogen-bond acceptors (Lipinski definition) is 4. The zero-order valence-corrected chi connectivity index (χ0v) is 9.95. The summed E-state index contributed by atoms with van der Waals surface area (Å²) in [5.74, 6) is 0.231. The van der Waals surface area contributed by atoms with E-state index in [9.17, 15) is 4.79 Å². The molecule has 1 aromatic heterocycles. The molecule has 0 N–H and O–H groups in total. The molecule has 2 aliphatic rings. The second-order valence-electron chi connectivity index (χ2n) is 4.78. The quantitative estimate of drug-likeness (QED) is 0.746. The Bertz CT molecular complexity index is 492. The van der Waals surface area contributed by atoms with Crippen molar-refractivity contribution in [1.82, 2.24) is 14.7 Å². The molecule has 6 nitrogen and oxygen atoms in total. The highest BCUT2D eigenvalue weighted by atomic mass is 16.5. The SMILES string of the molecule is N#Cc1cnn(C2CN(C(=O)C3CCOC3)C2)c1. The summed E-state index contributed by atoms with van der Waals surface area (Å²) < 4.78 is 7.00. The van der Waals surface area contributed by atoms with E-state index in [-0.39, 0.29) is 17.9 Å². The minimum atomic E-state index is 0.0400. The van der Waals surface area contributed by atoms with Crippen molar-refractivity contribution < 1.29 is 9.53 Å². The molecule has 1 unspecified atom stereocenters. The molecule has 1 atom stereocenters. The van der Waals surface area contributed by atoms with Gasteiger partial charge in [-0.05, 0) is 6.42 Å². The molecular formula is C12H14N4O2. The molecule has 18 heavy (non-hydrogen) atoms. The fraction of sp³-hybridized carbons (Fsp3) is 0.583. The monoisotopic (exact) mass is 246 g/mol. The number of hydrogen-bond donors (Lipinski definition) is 0. The number of aromatic nitrogens is 2. The lowest BCUT2D eigenvalue weighted by atomic mass is 10.0.